The summed E-state index contributed by atoms with van der Waals surface area (Å²) >= 11 is 3.01. The molecule has 1 aromatic carbocycles. The van der Waals surface area contributed by atoms with Gasteiger partial charge in [0.1, 0.15) is 5.75 Å². The van der Waals surface area contributed by atoms with Crippen molar-refractivity contribution in [2.45, 2.75) is 56.7 Å². The monoisotopic (exact) mass is 365 g/mol. The van der Waals surface area contributed by atoms with E-state index in [-0.39, 0.29) is 5.91 Å². The van der Waals surface area contributed by atoms with Crippen LogP contribution in [0.4, 0.5) is 5.13 Å². The summed E-state index contributed by atoms with van der Waals surface area (Å²) in [4.78, 5) is 12.5. The lowest BCUT2D eigenvalue weighted by molar-refractivity contribution is -0.122. The number of hydrogen-bond donors (Lipinski definition) is 1. The maximum Gasteiger partial charge on any atom is 0.267 e. The Morgan fingerprint density at radius 2 is 2.08 bits per heavy atom. The molecule has 0 fully saturated rings. The quantitative estimate of drug-likeness (QED) is 0.580. The highest BCUT2D eigenvalue weighted by Gasteiger charge is 2.21. The molecule has 24 heavy (non-hydrogen) atoms. The number of nitrogens with one attached hydrogen (secondary N) is 1. The molecule has 1 N–H and O–H groups in total. The molecule has 0 aliphatic carbocycles. The van der Waals surface area contributed by atoms with Crippen LogP contribution in [0.5, 0.6) is 5.75 Å². The second-order valence-electron chi connectivity index (χ2n) is 5.81. The number of nitrogens with zero attached hydrogens (tertiary/aromatic N) is 2. The molecule has 1 amide bonds. The van der Waals surface area contributed by atoms with Crippen LogP contribution in [-0.2, 0) is 4.79 Å². The molecule has 0 spiro atoms. The van der Waals surface area contributed by atoms with Gasteiger partial charge in [-0.2, -0.15) is 0 Å². The van der Waals surface area contributed by atoms with Crippen molar-refractivity contribution >= 4 is 34.1 Å². The van der Waals surface area contributed by atoms with Crippen molar-refractivity contribution in [2.75, 3.05) is 5.32 Å². The van der Waals surface area contributed by atoms with Crippen LogP contribution in [0.3, 0.4) is 0 Å². The number of rotatable bonds is 7. The van der Waals surface area contributed by atoms with Gasteiger partial charge in [-0.25, -0.2) is 0 Å². The van der Waals surface area contributed by atoms with Crippen molar-refractivity contribution in [3.63, 3.8) is 0 Å². The average molecular weight is 366 g/mol. The van der Waals surface area contributed by atoms with E-state index in [4.69, 9.17) is 4.74 Å². The lowest BCUT2D eigenvalue weighted by Gasteiger charge is -2.18. The largest absolute Gasteiger partial charge is 0.480 e. The first-order valence-electron chi connectivity index (χ1n) is 7.94. The molecule has 0 aliphatic heterocycles. The third-order valence-electron chi connectivity index (χ3n) is 3.25. The predicted octanol–water partition coefficient (Wildman–Crippen LogP) is 4.45. The summed E-state index contributed by atoms with van der Waals surface area (Å²) in [5.41, 5.74) is 2.11. The molecule has 0 unspecified atom stereocenters. The second-order valence-corrected chi connectivity index (χ2v) is 8.61. The van der Waals surface area contributed by atoms with Crippen LogP contribution in [0.15, 0.2) is 22.5 Å². The number of amides is 1. The van der Waals surface area contributed by atoms with Crippen LogP contribution < -0.4 is 10.1 Å². The third kappa shape index (κ3) is 5.21. The molecule has 2 aromatic rings. The van der Waals surface area contributed by atoms with E-state index in [1.54, 1.807) is 11.8 Å². The van der Waals surface area contributed by atoms with Crippen molar-refractivity contribution in [3.8, 4) is 5.75 Å². The third-order valence-corrected chi connectivity index (χ3v) is 5.18. The Bertz CT molecular complexity index is 701. The summed E-state index contributed by atoms with van der Waals surface area (Å²) in [7, 11) is 0. The number of carbonyl (C=O) groups excluding carboxylic acids is 1. The fourth-order valence-electron chi connectivity index (χ4n) is 2.01. The number of aryl methyl sites for hydroxylation is 2. The highest BCUT2D eigenvalue weighted by Crippen LogP contribution is 2.29. The maximum absolute atomic E-state index is 12.5. The number of benzene rings is 1. The molecule has 1 atom stereocenters. The smallest absolute Gasteiger partial charge is 0.267 e. The van der Waals surface area contributed by atoms with Gasteiger partial charge < -0.3 is 4.74 Å². The summed E-state index contributed by atoms with van der Waals surface area (Å²) in [6.45, 7) is 10.1. The van der Waals surface area contributed by atoms with Gasteiger partial charge in [0.2, 0.25) is 5.13 Å². The van der Waals surface area contributed by atoms with Crippen LogP contribution in [0.25, 0.3) is 0 Å². The van der Waals surface area contributed by atoms with Crippen LogP contribution in [-0.4, -0.2) is 27.5 Å². The lowest BCUT2D eigenvalue weighted by Crippen LogP contribution is -2.32. The van der Waals surface area contributed by atoms with Crippen molar-refractivity contribution < 1.29 is 9.53 Å². The normalized spacial score (nSPS) is 12.2. The molecule has 0 radical (unpaired) electrons. The van der Waals surface area contributed by atoms with Gasteiger partial charge >= 0.3 is 0 Å². The maximum atomic E-state index is 12.5. The highest BCUT2D eigenvalue weighted by molar-refractivity contribution is 8.01. The number of thioether (sulfide) groups is 1. The van der Waals surface area contributed by atoms with E-state index >= 15 is 0 Å². The standard InChI is InChI=1S/C17H23N3O2S2/c1-6-13(22-14-9-11(4)7-8-12(14)5)15(21)18-16-19-20-17(24-16)23-10(2)3/h7-10,13H,6H2,1-5H3,(H,18,19,21)/t13-/m0/s1. The SMILES string of the molecule is CC[C@H](Oc1cc(C)ccc1C)C(=O)Nc1nnc(SC(C)C)s1. The summed E-state index contributed by atoms with van der Waals surface area (Å²) < 4.78 is 6.77. The number of carbonyl (C=O) groups is 1. The molecule has 1 aromatic heterocycles. The molecular weight excluding hydrogens is 342 g/mol. The minimum Gasteiger partial charge on any atom is -0.480 e. The molecule has 0 bridgehead atoms. The predicted molar refractivity (Wildman–Crippen MR) is 100 cm³/mol. The van der Waals surface area contributed by atoms with Crippen LogP contribution >= 0.6 is 23.1 Å². The van der Waals surface area contributed by atoms with E-state index in [1.165, 1.54) is 11.3 Å². The molecule has 0 aliphatic rings. The van der Waals surface area contributed by atoms with Gasteiger partial charge in [0.15, 0.2) is 10.4 Å². The minimum absolute atomic E-state index is 0.198. The topological polar surface area (TPSA) is 64.1 Å². The van der Waals surface area contributed by atoms with Crippen LogP contribution in [0, 0.1) is 13.8 Å². The Balaban J connectivity index is 2.03. The number of aromatic nitrogens is 2. The first kappa shape index (κ1) is 18.7. The molecule has 130 valence electrons. The van der Waals surface area contributed by atoms with Gasteiger partial charge in [-0.3, -0.25) is 10.1 Å². The van der Waals surface area contributed by atoms with E-state index in [1.807, 2.05) is 39.0 Å². The summed E-state index contributed by atoms with van der Waals surface area (Å²) in [6.07, 6.45) is 0.0154. The van der Waals surface area contributed by atoms with Gasteiger partial charge in [-0.1, -0.05) is 56.0 Å². The van der Waals surface area contributed by atoms with Gasteiger partial charge in [0.25, 0.3) is 5.91 Å². The zero-order valence-electron chi connectivity index (χ0n) is 14.6. The zero-order chi connectivity index (χ0) is 17.7. The van der Waals surface area contributed by atoms with Crippen molar-refractivity contribution in [1.82, 2.24) is 10.2 Å². The summed E-state index contributed by atoms with van der Waals surface area (Å²) in [5.74, 6) is 0.543. The Hall–Kier alpha value is -1.60. The Labute approximate surface area is 151 Å². The number of ether oxygens (including phenoxy) is 1. The summed E-state index contributed by atoms with van der Waals surface area (Å²) in [6, 6.07) is 5.97. The molecule has 2 rings (SSSR count). The summed E-state index contributed by atoms with van der Waals surface area (Å²) in [5, 5.41) is 11.8. The van der Waals surface area contributed by atoms with Gasteiger partial charge in [-0.05, 0) is 37.5 Å². The zero-order valence-corrected chi connectivity index (χ0v) is 16.3. The second kappa shape index (κ2) is 8.48. The van der Waals surface area contributed by atoms with Gasteiger partial charge in [-0.15, -0.1) is 10.2 Å². The Morgan fingerprint density at radius 1 is 1.33 bits per heavy atom. The Kier molecular flexibility index (Phi) is 6.62. The molecule has 1 heterocycles. The van der Waals surface area contributed by atoms with Gasteiger partial charge in [0, 0.05) is 5.25 Å². The Morgan fingerprint density at radius 3 is 2.75 bits per heavy atom. The lowest BCUT2D eigenvalue weighted by atomic mass is 10.1. The van der Waals surface area contributed by atoms with Crippen molar-refractivity contribution in [3.05, 3.63) is 29.3 Å². The van der Waals surface area contributed by atoms with E-state index in [0.29, 0.717) is 16.8 Å². The molecular formula is C17H23N3O2S2. The molecule has 7 heteroatoms. The van der Waals surface area contributed by atoms with Crippen LogP contribution in [0.2, 0.25) is 0 Å². The van der Waals surface area contributed by atoms with Crippen molar-refractivity contribution in [2.24, 2.45) is 0 Å². The van der Waals surface area contributed by atoms with E-state index in [2.05, 4.69) is 29.4 Å². The fraction of sp³-hybridized carbons (Fsp3) is 0.471. The van der Waals surface area contributed by atoms with Gasteiger partial charge in [0.05, 0.1) is 0 Å². The minimum atomic E-state index is -0.560. The van der Waals surface area contributed by atoms with E-state index < -0.39 is 6.10 Å². The highest BCUT2D eigenvalue weighted by atomic mass is 32.2. The van der Waals surface area contributed by atoms with Crippen LogP contribution in [0.1, 0.15) is 38.3 Å². The van der Waals surface area contributed by atoms with E-state index in [0.717, 1.165) is 21.2 Å². The molecule has 0 saturated carbocycles. The first-order valence-corrected chi connectivity index (χ1v) is 9.63. The number of anilines is 1. The first-order chi connectivity index (χ1) is 11.4. The molecule has 0 saturated heterocycles. The molecule has 5 nitrogen and oxygen atoms in total. The van der Waals surface area contributed by atoms with E-state index in [9.17, 15) is 4.79 Å². The fourth-order valence-corrected chi connectivity index (χ4v) is 3.98. The average Bonchev–Trinajstić information content (AvgIpc) is 2.94. The number of hydrogen-bond acceptors (Lipinski definition) is 6. The van der Waals surface area contributed by atoms with Crippen molar-refractivity contribution in [1.29, 1.82) is 0 Å².